The van der Waals surface area contributed by atoms with Gasteiger partial charge in [-0.25, -0.2) is 4.98 Å². The molecule has 1 aliphatic rings. The van der Waals surface area contributed by atoms with Gasteiger partial charge in [-0.3, -0.25) is 19.0 Å². The average Bonchev–Trinajstić information content (AvgIpc) is 3.36. The monoisotopic (exact) mass is 439 g/mol. The van der Waals surface area contributed by atoms with Crippen LogP contribution in [0.4, 0.5) is 5.69 Å². The van der Waals surface area contributed by atoms with Gasteiger partial charge in [0.1, 0.15) is 4.70 Å². The second-order valence-corrected chi connectivity index (χ2v) is 9.35. The zero-order chi connectivity index (χ0) is 21.4. The number of aromatic nitrogens is 2. The molecule has 1 atom stereocenters. The number of thiophene rings is 1. The van der Waals surface area contributed by atoms with E-state index in [0.29, 0.717) is 34.0 Å². The second kappa shape index (κ2) is 8.20. The first kappa shape index (κ1) is 20.6. The molecule has 0 saturated carbocycles. The van der Waals surface area contributed by atoms with E-state index >= 15 is 0 Å². The fourth-order valence-electron chi connectivity index (χ4n) is 3.63. The van der Waals surface area contributed by atoms with Crippen LogP contribution < -0.4 is 10.5 Å². The van der Waals surface area contributed by atoms with Gasteiger partial charge in [0.25, 0.3) is 5.56 Å². The smallest absolute Gasteiger partial charge is 0.272 e. The Morgan fingerprint density at radius 2 is 2.17 bits per heavy atom. The van der Waals surface area contributed by atoms with Gasteiger partial charge in [0.15, 0.2) is 10.9 Å². The van der Waals surface area contributed by atoms with Crippen molar-refractivity contribution in [3.05, 3.63) is 63.8 Å². The van der Waals surface area contributed by atoms with E-state index in [4.69, 9.17) is 0 Å². The topological polar surface area (TPSA) is 72.3 Å². The molecule has 6 nitrogen and oxygen atoms in total. The first-order chi connectivity index (χ1) is 14.4. The highest BCUT2D eigenvalue weighted by Gasteiger charge is 2.25. The van der Waals surface area contributed by atoms with Crippen LogP contribution in [-0.2, 0) is 17.8 Å². The zero-order valence-corrected chi connectivity index (χ0v) is 18.4. The van der Waals surface area contributed by atoms with Gasteiger partial charge in [-0.2, -0.15) is 0 Å². The molecule has 0 unspecified atom stereocenters. The van der Waals surface area contributed by atoms with E-state index in [1.54, 1.807) is 28.5 Å². The highest BCUT2D eigenvalue weighted by Crippen LogP contribution is 2.31. The molecule has 0 spiro atoms. The van der Waals surface area contributed by atoms with Crippen molar-refractivity contribution in [2.24, 2.45) is 0 Å². The number of rotatable bonds is 6. The predicted octanol–water partition coefficient (Wildman–Crippen LogP) is 3.92. The van der Waals surface area contributed by atoms with Crippen LogP contribution >= 0.6 is 23.1 Å². The Kier molecular flexibility index (Phi) is 5.62. The van der Waals surface area contributed by atoms with Crippen molar-refractivity contribution >= 4 is 50.7 Å². The summed E-state index contributed by atoms with van der Waals surface area (Å²) in [5, 5.41) is 1.93. The summed E-state index contributed by atoms with van der Waals surface area (Å²) in [6, 6.07) is 7.31. The van der Waals surface area contributed by atoms with E-state index in [2.05, 4.69) is 11.6 Å². The number of benzene rings is 1. The second-order valence-electron chi connectivity index (χ2n) is 7.12. The summed E-state index contributed by atoms with van der Waals surface area (Å²) in [6.45, 7) is 8.08. The van der Waals surface area contributed by atoms with E-state index in [1.807, 2.05) is 30.5 Å². The quantitative estimate of drug-likeness (QED) is 0.252. The number of ketones is 1. The van der Waals surface area contributed by atoms with Gasteiger partial charge < -0.3 is 4.90 Å². The molecule has 3 heterocycles. The minimum Gasteiger partial charge on any atom is -0.312 e. The van der Waals surface area contributed by atoms with Crippen molar-refractivity contribution in [2.75, 3.05) is 11.4 Å². The highest BCUT2D eigenvalue weighted by atomic mass is 32.2. The molecular formula is C22H21N3O3S2. The van der Waals surface area contributed by atoms with Crippen LogP contribution in [0.15, 0.2) is 52.3 Å². The van der Waals surface area contributed by atoms with Crippen LogP contribution in [0.1, 0.15) is 29.8 Å². The number of hydrogen-bond donors (Lipinski definition) is 0. The molecule has 3 aromatic rings. The molecule has 1 amide bonds. The number of anilines is 1. The maximum absolute atomic E-state index is 13.1. The lowest BCUT2D eigenvalue weighted by atomic mass is 10.0. The van der Waals surface area contributed by atoms with E-state index < -0.39 is 5.25 Å². The number of nitrogens with zero attached hydrogens (tertiary/aromatic N) is 3. The summed E-state index contributed by atoms with van der Waals surface area (Å²) in [5.41, 5.74) is 3.03. The third kappa shape index (κ3) is 3.61. The molecule has 30 heavy (non-hydrogen) atoms. The lowest BCUT2D eigenvalue weighted by Crippen LogP contribution is -2.25. The van der Waals surface area contributed by atoms with E-state index in [9.17, 15) is 14.4 Å². The van der Waals surface area contributed by atoms with Gasteiger partial charge in [-0.15, -0.1) is 17.9 Å². The zero-order valence-electron chi connectivity index (χ0n) is 16.8. The van der Waals surface area contributed by atoms with Gasteiger partial charge in [0, 0.05) is 31.3 Å². The van der Waals surface area contributed by atoms with Crippen molar-refractivity contribution in [1.29, 1.82) is 0 Å². The van der Waals surface area contributed by atoms with Crippen molar-refractivity contribution in [3.8, 4) is 0 Å². The first-order valence-electron chi connectivity index (χ1n) is 9.61. The summed E-state index contributed by atoms with van der Waals surface area (Å²) in [7, 11) is 0. The Morgan fingerprint density at radius 1 is 1.37 bits per heavy atom. The summed E-state index contributed by atoms with van der Waals surface area (Å²) in [6.07, 6.45) is 2.40. The van der Waals surface area contributed by atoms with Crippen LogP contribution in [0, 0.1) is 0 Å². The summed E-state index contributed by atoms with van der Waals surface area (Å²) in [5.74, 6) is -0.0271. The summed E-state index contributed by atoms with van der Waals surface area (Å²) < 4.78 is 2.17. The van der Waals surface area contributed by atoms with E-state index in [0.717, 1.165) is 17.7 Å². The van der Waals surface area contributed by atoms with E-state index in [1.165, 1.54) is 23.1 Å². The Bertz CT molecular complexity index is 1230. The molecule has 1 aliphatic heterocycles. The molecule has 2 aromatic heterocycles. The number of amides is 1. The van der Waals surface area contributed by atoms with E-state index in [-0.39, 0.29) is 17.2 Å². The SMILES string of the molecule is C=CCn1c(S[C@@H](C)C(=O)c2ccc3c(c2)CCN3C(C)=O)nc2ccsc2c1=O. The van der Waals surface area contributed by atoms with Gasteiger partial charge >= 0.3 is 0 Å². The number of thioether (sulfide) groups is 1. The molecule has 154 valence electrons. The third-order valence-electron chi connectivity index (χ3n) is 5.13. The van der Waals surface area contributed by atoms with Gasteiger partial charge in [0.05, 0.1) is 10.8 Å². The van der Waals surface area contributed by atoms with Crippen LogP contribution in [0.3, 0.4) is 0 Å². The Morgan fingerprint density at radius 3 is 2.90 bits per heavy atom. The number of fused-ring (bicyclic) bond motifs is 2. The van der Waals surface area contributed by atoms with Crippen molar-refractivity contribution in [3.63, 3.8) is 0 Å². The largest absolute Gasteiger partial charge is 0.312 e. The molecule has 0 bridgehead atoms. The minimum atomic E-state index is -0.424. The maximum atomic E-state index is 13.1. The van der Waals surface area contributed by atoms with Crippen LogP contribution in [-0.4, -0.2) is 33.0 Å². The van der Waals surface area contributed by atoms with Crippen molar-refractivity contribution in [1.82, 2.24) is 9.55 Å². The minimum absolute atomic E-state index is 0.00633. The highest BCUT2D eigenvalue weighted by molar-refractivity contribution is 8.00. The molecule has 0 radical (unpaired) electrons. The Hall–Kier alpha value is -2.71. The number of hydrogen-bond acceptors (Lipinski definition) is 6. The standard InChI is InChI=1S/C22H21N3O3S2/c1-4-9-25-21(28)20-17(8-11-29-20)23-22(25)30-13(2)19(27)16-5-6-18-15(12-16)7-10-24(18)14(3)26/h4-6,8,11-13H,1,7,9-10H2,2-3H3/t13-/m0/s1. The number of carbonyl (C=O) groups is 2. The predicted molar refractivity (Wildman–Crippen MR) is 122 cm³/mol. The van der Waals surface area contributed by atoms with Gasteiger partial charge in [0.2, 0.25) is 5.91 Å². The van der Waals surface area contributed by atoms with Gasteiger partial charge in [-0.05, 0) is 48.6 Å². The summed E-state index contributed by atoms with van der Waals surface area (Å²) >= 11 is 2.64. The lowest BCUT2D eigenvalue weighted by molar-refractivity contribution is -0.116. The molecule has 4 rings (SSSR count). The Labute approximate surface area is 182 Å². The third-order valence-corrected chi connectivity index (χ3v) is 7.12. The lowest BCUT2D eigenvalue weighted by Gasteiger charge is -2.16. The fourth-order valence-corrected chi connectivity index (χ4v) is 5.41. The van der Waals surface area contributed by atoms with Crippen molar-refractivity contribution in [2.45, 2.75) is 37.2 Å². The molecule has 0 N–H and O–H groups in total. The summed E-state index contributed by atoms with van der Waals surface area (Å²) in [4.78, 5) is 44.0. The molecular weight excluding hydrogens is 418 g/mol. The molecule has 1 aromatic carbocycles. The number of allylic oxidation sites excluding steroid dienone is 1. The normalized spacial score (nSPS) is 14.0. The van der Waals surface area contributed by atoms with Crippen LogP contribution in [0.25, 0.3) is 10.2 Å². The molecule has 0 fully saturated rings. The first-order valence-corrected chi connectivity index (χ1v) is 11.4. The van der Waals surface area contributed by atoms with Crippen molar-refractivity contribution < 1.29 is 9.59 Å². The molecule has 0 saturated heterocycles. The Balaban J connectivity index is 1.62. The van der Waals surface area contributed by atoms with Crippen LogP contribution in [0.5, 0.6) is 0 Å². The van der Waals surface area contributed by atoms with Gasteiger partial charge in [-0.1, -0.05) is 17.8 Å². The van der Waals surface area contributed by atoms with Crippen LogP contribution in [0.2, 0.25) is 0 Å². The number of carbonyl (C=O) groups excluding carboxylic acids is 2. The molecule has 8 heteroatoms. The maximum Gasteiger partial charge on any atom is 0.272 e. The molecule has 0 aliphatic carbocycles. The number of Topliss-reactive ketones (excluding diaryl/α,β-unsaturated/α-hetero) is 1. The fraction of sp³-hybridized carbons (Fsp3) is 0.273. The average molecular weight is 440 g/mol.